The summed E-state index contributed by atoms with van der Waals surface area (Å²) in [6.45, 7) is 0. The van der Waals surface area contributed by atoms with Crippen molar-refractivity contribution in [2.45, 2.75) is 6.36 Å². The zero-order valence-electron chi connectivity index (χ0n) is 13.7. The molecule has 0 bridgehead atoms. The molecule has 0 radical (unpaired) electrons. The summed E-state index contributed by atoms with van der Waals surface area (Å²) in [7, 11) is 0. The topological polar surface area (TPSA) is 110 Å². The number of benzene rings is 1. The minimum Gasteiger partial charge on any atom is -0.406 e. The lowest BCUT2D eigenvalue weighted by Gasteiger charge is -2.08. The van der Waals surface area contributed by atoms with Crippen molar-refractivity contribution in [2.75, 3.05) is 0 Å². The van der Waals surface area contributed by atoms with Crippen molar-refractivity contribution >= 4 is 50.6 Å². The van der Waals surface area contributed by atoms with Crippen LogP contribution in [0.15, 0.2) is 51.6 Å². The maximum absolute atomic E-state index is 12.9. The van der Waals surface area contributed by atoms with Crippen LogP contribution in [0.1, 0.15) is 0 Å². The van der Waals surface area contributed by atoms with Crippen LogP contribution in [0.25, 0.3) is 27.6 Å². The molecule has 142 valence electrons. The number of rotatable bonds is 2. The van der Waals surface area contributed by atoms with Gasteiger partial charge in [-0.1, -0.05) is 0 Å². The highest BCUT2D eigenvalue weighted by Gasteiger charge is 2.31. The molecule has 0 amide bonds. The number of H-pyrrole nitrogens is 1. The van der Waals surface area contributed by atoms with Crippen molar-refractivity contribution < 1.29 is 17.9 Å². The highest BCUT2D eigenvalue weighted by Crippen LogP contribution is 2.36. The summed E-state index contributed by atoms with van der Waals surface area (Å²) in [5.41, 5.74) is 5.73. The fraction of sp³-hybridized carbons (Fsp3) is 0.0625. The number of nitrogens with zero attached hydrogens (tertiary/aromatic N) is 4. The van der Waals surface area contributed by atoms with E-state index in [2.05, 4.69) is 37.2 Å². The molecule has 0 spiro atoms. The summed E-state index contributed by atoms with van der Waals surface area (Å²) in [6.07, 6.45) is -3.38. The summed E-state index contributed by atoms with van der Waals surface area (Å²) in [6, 6.07) is 6.70. The third-order valence-electron chi connectivity index (χ3n) is 3.87. The average Bonchev–Trinajstić information content (AvgIpc) is 2.91. The number of pyridine rings is 1. The number of nitrogens with one attached hydrogen (secondary N) is 1. The Morgan fingerprint density at radius 3 is 2.79 bits per heavy atom. The zero-order chi connectivity index (χ0) is 20.1. The summed E-state index contributed by atoms with van der Waals surface area (Å²) in [4.78, 5) is 20.0. The molecular formula is C16H9F3N6O2S. The van der Waals surface area contributed by atoms with Gasteiger partial charge in [0.2, 0.25) is 5.11 Å². The molecule has 28 heavy (non-hydrogen) atoms. The molecule has 8 nitrogen and oxygen atoms in total. The molecule has 3 heterocycles. The molecule has 0 saturated carbocycles. The van der Waals surface area contributed by atoms with Gasteiger partial charge in [0.25, 0.3) is 5.56 Å². The van der Waals surface area contributed by atoms with E-state index < -0.39 is 17.7 Å². The van der Waals surface area contributed by atoms with Gasteiger partial charge in [-0.25, -0.2) is 4.98 Å². The van der Waals surface area contributed by atoms with Crippen molar-refractivity contribution in [1.29, 1.82) is 0 Å². The summed E-state index contributed by atoms with van der Waals surface area (Å²) in [5, 5.41) is 7.70. The monoisotopic (exact) mass is 406 g/mol. The number of hydrogen-bond donors (Lipinski definition) is 2. The predicted molar refractivity (Wildman–Crippen MR) is 98.8 cm³/mol. The van der Waals surface area contributed by atoms with Crippen LogP contribution in [0, 0.1) is 0 Å². The molecule has 0 unspecified atom stereocenters. The minimum absolute atomic E-state index is 0.0695. The second-order valence-electron chi connectivity index (χ2n) is 5.63. The highest BCUT2D eigenvalue weighted by molar-refractivity contribution is 7.80. The number of thiocarbonyl (C=S) groups is 1. The van der Waals surface area contributed by atoms with Crippen molar-refractivity contribution in [3.63, 3.8) is 0 Å². The number of azo groups is 1. The van der Waals surface area contributed by atoms with E-state index in [0.717, 1.165) is 12.1 Å². The number of nitrogens with two attached hydrogens (primary N) is 1. The first-order chi connectivity index (χ1) is 13.2. The molecule has 12 heteroatoms. The molecule has 1 aromatic carbocycles. The van der Waals surface area contributed by atoms with Gasteiger partial charge in [-0.2, -0.15) is 0 Å². The zero-order valence-corrected chi connectivity index (χ0v) is 14.5. The molecule has 0 saturated heterocycles. The first kappa shape index (κ1) is 17.9. The van der Waals surface area contributed by atoms with E-state index in [9.17, 15) is 18.0 Å². The fourth-order valence-corrected chi connectivity index (χ4v) is 2.93. The van der Waals surface area contributed by atoms with Gasteiger partial charge in [-0.05, 0) is 42.5 Å². The number of hydrogen-bond acceptors (Lipinski definition) is 5. The lowest BCUT2D eigenvalue weighted by Crippen LogP contribution is -2.17. The molecule has 4 rings (SSSR count). The van der Waals surface area contributed by atoms with Crippen LogP contribution in [0.2, 0.25) is 0 Å². The summed E-state index contributed by atoms with van der Waals surface area (Å²) >= 11 is 4.67. The van der Waals surface area contributed by atoms with Gasteiger partial charge in [0.15, 0.2) is 0 Å². The Morgan fingerprint density at radius 1 is 1.29 bits per heavy atom. The molecule has 0 aliphatic carbocycles. The number of aromatic nitrogens is 3. The lowest BCUT2D eigenvalue weighted by molar-refractivity contribution is -0.274. The summed E-state index contributed by atoms with van der Waals surface area (Å²) < 4.78 is 43.0. The third-order valence-corrected chi connectivity index (χ3v) is 3.95. The SMILES string of the molecule is NC(=S)N=Nc1c2cc(OC(F)(F)F)ccc2n2c(=O)c3cccnc3[nH]c12. The molecule has 0 atom stereocenters. The molecule has 3 aromatic heterocycles. The third kappa shape index (κ3) is 3.03. The molecule has 3 N–H and O–H groups in total. The van der Waals surface area contributed by atoms with Gasteiger partial charge in [0.1, 0.15) is 22.7 Å². The van der Waals surface area contributed by atoms with Crippen LogP contribution < -0.4 is 16.0 Å². The first-order valence-corrected chi connectivity index (χ1v) is 8.07. The lowest BCUT2D eigenvalue weighted by atomic mass is 10.2. The number of aromatic amines is 1. The van der Waals surface area contributed by atoms with Gasteiger partial charge in [0, 0.05) is 11.6 Å². The van der Waals surface area contributed by atoms with E-state index in [1.54, 1.807) is 12.1 Å². The Bertz CT molecular complexity index is 1340. The van der Waals surface area contributed by atoms with Gasteiger partial charge in [-0.3, -0.25) is 9.20 Å². The van der Waals surface area contributed by atoms with Gasteiger partial charge < -0.3 is 15.5 Å². The molecular weight excluding hydrogens is 397 g/mol. The van der Waals surface area contributed by atoms with E-state index in [1.807, 2.05) is 0 Å². The number of fused-ring (bicyclic) bond motifs is 4. The second-order valence-corrected chi connectivity index (χ2v) is 6.05. The Hall–Kier alpha value is -3.54. The van der Waals surface area contributed by atoms with E-state index >= 15 is 0 Å². The Balaban J connectivity index is 2.12. The van der Waals surface area contributed by atoms with Crippen LogP contribution >= 0.6 is 12.2 Å². The Labute approximate surface area is 158 Å². The Morgan fingerprint density at radius 2 is 2.07 bits per heavy atom. The first-order valence-electron chi connectivity index (χ1n) is 7.67. The predicted octanol–water partition coefficient (Wildman–Crippen LogP) is 3.55. The maximum atomic E-state index is 12.9. The summed E-state index contributed by atoms with van der Waals surface area (Å²) in [5.74, 6) is -0.474. The number of halogens is 3. The van der Waals surface area contributed by atoms with Gasteiger partial charge in [0.05, 0.1) is 10.9 Å². The second kappa shape index (κ2) is 6.27. The van der Waals surface area contributed by atoms with Crippen molar-refractivity contribution in [1.82, 2.24) is 14.4 Å². The average molecular weight is 406 g/mol. The molecule has 4 aromatic rings. The van der Waals surface area contributed by atoms with Crippen molar-refractivity contribution in [3.05, 3.63) is 46.9 Å². The van der Waals surface area contributed by atoms with E-state index in [0.29, 0.717) is 10.9 Å². The Kier molecular flexibility index (Phi) is 4.00. The quantitative estimate of drug-likeness (QED) is 0.391. The van der Waals surface area contributed by atoms with Crippen LogP contribution in [0.3, 0.4) is 0 Å². The fourth-order valence-electron chi connectivity index (χ4n) is 2.89. The van der Waals surface area contributed by atoms with Crippen molar-refractivity contribution in [2.24, 2.45) is 16.0 Å². The smallest absolute Gasteiger partial charge is 0.406 e. The minimum atomic E-state index is -4.87. The molecule has 0 fully saturated rings. The van der Waals surface area contributed by atoms with Crippen LogP contribution in [0.5, 0.6) is 5.75 Å². The van der Waals surface area contributed by atoms with Crippen LogP contribution in [-0.4, -0.2) is 25.8 Å². The van der Waals surface area contributed by atoms with Gasteiger partial charge in [-0.15, -0.1) is 23.4 Å². The standard InChI is InChI=1S/C16H9F3N6O2S/c17-16(18,19)27-7-3-4-10-9(6-7)11(23-24-15(20)28)13-22-12-8(2-1-5-21-12)14(26)25(10)13/h1-6H,(H2,20,28)(H,21,22). The molecule has 0 aliphatic heterocycles. The van der Waals surface area contributed by atoms with Crippen LogP contribution in [0.4, 0.5) is 18.9 Å². The van der Waals surface area contributed by atoms with E-state index in [1.165, 1.54) is 16.7 Å². The normalized spacial score (nSPS) is 12.4. The molecule has 0 aliphatic rings. The highest BCUT2D eigenvalue weighted by atomic mass is 32.1. The van der Waals surface area contributed by atoms with E-state index in [4.69, 9.17) is 5.73 Å². The maximum Gasteiger partial charge on any atom is 0.573 e. The largest absolute Gasteiger partial charge is 0.573 e. The van der Waals surface area contributed by atoms with Crippen molar-refractivity contribution in [3.8, 4) is 5.75 Å². The van der Waals surface area contributed by atoms with Crippen LogP contribution in [-0.2, 0) is 0 Å². The van der Waals surface area contributed by atoms with E-state index in [-0.39, 0.29) is 27.5 Å². The number of ether oxygens (including phenoxy) is 1. The van der Waals surface area contributed by atoms with Gasteiger partial charge >= 0.3 is 6.36 Å². The number of alkyl halides is 3.